The average Bonchev–Trinajstić information content (AvgIpc) is 2.61. The van der Waals surface area contributed by atoms with Crippen molar-refractivity contribution in [3.63, 3.8) is 0 Å². The van der Waals surface area contributed by atoms with Gasteiger partial charge in [-0.2, -0.15) is 0 Å². The molecule has 0 N–H and O–H groups in total. The van der Waals surface area contributed by atoms with Gasteiger partial charge in [-0.1, -0.05) is 0 Å². The summed E-state index contributed by atoms with van der Waals surface area (Å²) in [5.74, 6) is 0. The van der Waals surface area contributed by atoms with Crippen LogP contribution in [0.2, 0.25) is 0 Å². The number of methoxy groups -OCH3 is 1. The Bertz CT molecular complexity index is 165. The van der Waals surface area contributed by atoms with Crippen molar-refractivity contribution in [1.29, 1.82) is 0 Å². The van der Waals surface area contributed by atoms with Crippen molar-refractivity contribution in [3.05, 3.63) is 0 Å². The van der Waals surface area contributed by atoms with Crippen LogP contribution in [0.5, 0.6) is 0 Å². The third-order valence-electron chi connectivity index (χ3n) is 2.11. The Morgan fingerprint density at radius 2 is 2.33 bits per heavy atom. The molecule has 2 aliphatic rings. The van der Waals surface area contributed by atoms with Gasteiger partial charge in [-0.15, -0.1) is 0 Å². The minimum Gasteiger partial charge on any atom is -0.370 e. The molecule has 0 aromatic carbocycles. The van der Waals surface area contributed by atoms with E-state index in [1.54, 1.807) is 0 Å². The number of hydrogen-bond acceptors (Lipinski definition) is 4. The van der Waals surface area contributed by atoms with E-state index >= 15 is 0 Å². The van der Waals surface area contributed by atoms with E-state index in [-0.39, 0.29) is 12.2 Å². The van der Waals surface area contributed by atoms with Crippen molar-refractivity contribution in [2.45, 2.75) is 24.8 Å². The van der Waals surface area contributed by atoms with Crippen molar-refractivity contribution in [1.82, 2.24) is 0 Å². The normalized spacial score (nSPS) is 46.5. The van der Waals surface area contributed by atoms with Gasteiger partial charge in [-0.05, 0) is 0 Å². The minimum atomic E-state index is -0.655. The lowest BCUT2D eigenvalue weighted by Gasteiger charge is -2.13. The zero-order chi connectivity index (χ0) is 8.55. The lowest BCUT2D eigenvalue weighted by atomic mass is 10.2. The molecule has 0 bridgehead atoms. The largest absolute Gasteiger partial charge is 0.370 e. The number of rotatable bonds is 2. The van der Waals surface area contributed by atoms with Crippen LogP contribution >= 0.6 is 0 Å². The second kappa shape index (κ2) is 3.26. The van der Waals surface area contributed by atoms with Gasteiger partial charge in [0.15, 0.2) is 0 Å². The molecule has 0 amide bonds. The molecule has 0 aromatic heterocycles. The lowest BCUT2D eigenvalue weighted by Crippen LogP contribution is -2.29. The van der Waals surface area contributed by atoms with Gasteiger partial charge >= 0.3 is 0 Å². The van der Waals surface area contributed by atoms with Crippen LogP contribution in [-0.4, -0.2) is 45.2 Å². The minimum absolute atomic E-state index is 0.171. The third kappa shape index (κ3) is 1.22. The zero-order valence-electron chi connectivity index (χ0n) is 6.73. The highest BCUT2D eigenvalue weighted by Gasteiger charge is 2.47. The molecule has 0 aliphatic carbocycles. The predicted octanol–water partition coefficient (Wildman–Crippen LogP) is 0.0687. The summed E-state index contributed by atoms with van der Waals surface area (Å²) in [6.07, 6.45) is -0.967. The van der Waals surface area contributed by atoms with E-state index in [4.69, 9.17) is 18.9 Å². The van der Waals surface area contributed by atoms with E-state index < -0.39 is 19.3 Å². The fourth-order valence-electron chi connectivity index (χ4n) is 1.49. The van der Waals surface area contributed by atoms with Crippen LogP contribution in [0.25, 0.3) is 0 Å². The van der Waals surface area contributed by atoms with Gasteiger partial charge in [0.25, 0.3) is 6.48 Å². The number of alkyl halides is 1. The summed E-state index contributed by atoms with van der Waals surface area (Å²) in [6, 6.07) is 0. The van der Waals surface area contributed by atoms with E-state index in [1.165, 1.54) is 7.11 Å². The van der Waals surface area contributed by atoms with Gasteiger partial charge in [0.2, 0.25) is 0 Å². The maximum absolute atomic E-state index is 12.3. The van der Waals surface area contributed by atoms with Crippen molar-refractivity contribution >= 4 is 0 Å². The van der Waals surface area contributed by atoms with Crippen molar-refractivity contribution < 1.29 is 23.3 Å². The van der Waals surface area contributed by atoms with Gasteiger partial charge in [-0.3, -0.25) is 0 Å². The highest BCUT2D eigenvalue weighted by molar-refractivity contribution is 4.88. The van der Waals surface area contributed by atoms with Gasteiger partial charge in [0, 0.05) is 7.11 Å². The Labute approximate surface area is 69.5 Å². The first kappa shape index (κ1) is 8.37. The van der Waals surface area contributed by atoms with Crippen LogP contribution in [0.15, 0.2) is 0 Å². The Hall–Kier alpha value is -0.230. The molecule has 2 saturated heterocycles. The second-order valence-electron chi connectivity index (χ2n) is 2.83. The van der Waals surface area contributed by atoms with Crippen molar-refractivity contribution in [2.24, 2.45) is 0 Å². The van der Waals surface area contributed by atoms with Crippen LogP contribution in [-0.2, 0) is 18.9 Å². The number of fused-ring (bicyclic) bond motifs is 1. The van der Waals surface area contributed by atoms with E-state index in [0.29, 0.717) is 6.61 Å². The maximum Gasteiger partial charge on any atom is 0.272 e. The molecule has 2 rings (SSSR count). The first-order valence-electron chi connectivity index (χ1n) is 3.86. The Balaban J connectivity index is 1.96. The Morgan fingerprint density at radius 3 is 3.00 bits per heavy atom. The van der Waals surface area contributed by atoms with E-state index in [2.05, 4.69) is 0 Å². The fourth-order valence-corrected chi connectivity index (χ4v) is 1.49. The van der Waals surface area contributed by atoms with E-state index in [9.17, 15) is 4.39 Å². The molecular formula is C7H11FO4. The molecule has 0 saturated carbocycles. The standard InChI is InChI=1S/C7H11FO4/c1-9-7-11-5-3-10-4(2-8)6(5)12-7/h4-7H,2-3H2,1H3/t4-,5-,6+,7?/m0/s1. The summed E-state index contributed by atoms with van der Waals surface area (Å²) in [6.45, 7) is -0.807. The molecule has 70 valence electrons. The number of hydrogen-bond donors (Lipinski definition) is 0. The number of ether oxygens (including phenoxy) is 4. The van der Waals surface area contributed by atoms with Gasteiger partial charge in [0.05, 0.1) is 6.61 Å². The zero-order valence-corrected chi connectivity index (χ0v) is 6.73. The summed E-state index contributed by atoms with van der Waals surface area (Å²) in [7, 11) is 1.48. The van der Waals surface area contributed by atoms with E-state index in [1.807, 2.05) is 0 Å². The summed E-state index contributed by atoms with van der Waals surface area (Å²) in [4.78, 5) is 0. The predicted molar refractivity (Wildman–Crippen MR) is 36.3 cm³/mol. The Morgan fingerprint density at radius 1 is 1.50 bits per heavy atom. The third-order valence-corrected chi connectivity index (χ3v) is 2.11. The quantitative estimate of drug-likeness (QED) is 0.599. The van der Waals surface area contributed by atoms with Crippen LogP contribution in [0.3, 0.4) is 0 Å². The lowest BCUT2D eigenvalue weighted by molar-refractivity contribution is -0.244. The molecule has 0 aromatic rings. The molecule has 4 nitrogen and oxygen atoms in total. The maximum atomic E-state index is 12.3. The molecule has 2 aliphatic heterocycles. The molecule has 4 atom stereocenters. The molecule has 0 radical (unpaired) electrons. The molecule has 5 heteroatoms. The topological polar surface area (TPSA) is 36.9 Å². The van der Waals surface area contributed by atoms with Crippen molar-refractivity contribution in [3.8, 4) is 0 Å². The van der Waals surface area contributed by atoms with Crippen LogP contribution in [0.4, 0.5) is 4.39 Å². The van der Waals surface area contributed by atoms with Crippen LogP contribution in [0.1, 0.15) is 0 Å². The average molecular weight is 178 g/mol. The SMILES string of the molecule is COC1O[C@@H]2[C@H](CF)OC[C@@H]2O1. The van der Waals surface area contributed by atoms with Crippen LogP contribution in [0, 0.1) is 0 Å². The smallest absolute Gasteiger partial charge is 0.272 e. The monoisotopic (exact) mass is 178 g/mol. The Kier molecular flexibility index (Phi) is 2.27. The molecule has 2 heterocycles. The summed E-state index contributed by atoms with van der Waals surface area (Å²) in [5, 5.41) is 0. The highest BCUT2D eigenvalue weighted by Crippen LogP contribution is 2.29. The molecule has 2 fully saturated rings. The van der Waals surface area contributed by atoms with Crippen molar-refractivity contribution in [2.75, 3.05) is 20.4 Å². The second-order valence-corrected chi connectivity index (χ2v) is 2.83. The van der Waals surface area contributed by atoms with Gasteiger partial charge in [-0.25, -0.2) is 4.39 Å². The first-order valence-corrected chi connectivity index (χ1v) is 3.86. The molecule has 12 heavy (non-hydrogen) atoms. The number of halogens is 1. The fraction of sp³-hybridized carbons (Fsp3) is 1.00. The molecule has 1 unspecified atom stereocenters. The van der Waals surface area contributed by atoms with Gasteiger partial charge < -0.3 is 18.9 Å². The molecular weight excluding hydrogens is 167 g/mol. The van der Waals surface area contributed by atoms with E-state index in [0.717, 1.165) is 0 Å². The highest BCUT2D eigenvalue weighted by atomic mass is 19.1. The first-order chi connectivity index (χ1) is 5.85. The van der Waals surface area contributed by atoms with Crippen LogP contribution < -0.4 is 0 Å². The summed E-state index contributed by atoms with van der Waals surface area (Å²) < 4.78 is 32.6. The van der Waals surface area contributed by atoms with Gasteiger partial charge in [0.1, 0.15) is 25.0 Å². The molecule has 0 spiro atoms. The summed E-state index contributed by atoms with van der Waals surface area (Å²) in [5.41, 5.74) is 0. The summed E-state index contributed by atoms with van der Waals surface area (Å²) >= 11 is 0.